The molecule has 0 bridgehead atoms. The number of benzene rings is 1. The molecule has 1 aromatic heterocycles. The van der Waals surface area contributed by atoms with E-state index in [0.717, 1.165) is 27.4 Å². The van der Waals surface area contributed by atoms with Gasteiger partial charge < -0.3 is 4.74 Å². The molecule has 0 aliphatic carbocycles. The van der Waals surface area contributed by atoms with Gasteiger partial charge in [0.15, 0.2) is 0 Å². The van der Waals surface area contributed by atoms with Crippen LogP contribution in [0, 0.1) is 6.92 Å². The zero-order chi connectivity index (χ0) is 15.6. The Balaban J connectivity index is 2.48. The molecule has 0 amide bonds. The maximum absolute atomic E-state index is 5.82. The summed E-state index contributed by atoms with van der Waals surface area (Å²) in [6.45, 7) is 8.43. The number of hydrazine groups is 1. The zero-order valence-corrected chi connectivity index (χ0v) is 13.9. The first kappa shape index (κ1) is 15.9. The van der Waals surface area contributed by atoms with Crippen molar-refractivity contribution in [2.24, 2.45) is 5.84 Å². The molecule has 2 aromatic rings. The number of nitrogens with zero attached hydrogens (tertiary/aromatic N) is 2. The van der Waals surface area contributed by atoms with Gasteiger partial charge in [0.25, 0.3) is 0 Å². The number of aromatic nitrogens is 2. The van der Waals surface area contributed by atoms with E-state index in [0.29, 0.717) is 0 Å². The van der Waals surface area contributed by atoms with E-state index in [9.17, 15) is 0 Å². The summed E-state index contributed by atoms with van der Waals surface area (Å²) >= 11 is 1.39. The van der Waals surface area contributed by atoms with Crippen molar-refractivity contribution in [3.05, 3.63) is 39.9 Å². The molecule has 21 heavy (non-hydrogen) atoms. The molecule has 1 unspecified atom stereocenters. The average molecular weight is 306 g/mol. The van der Waals surface area contributed by atoms with Gasteiger partial charge in [-0.15, -0.1) is 5.10 Å². The topological polar surface area (TPSA) is 73.1 Å². The lowest BCUT2D eigenvalue weighted by Crippen LogP contribution is -2.30. The van der Waals surface area contributed by atoms with Crippen molar-refractivity contribution in [2.75, 3.05) is 7.11 Å². The number of methoxy groups -OCH3 is 1. The second kappa shape index (κ2) is 6.09. The highest BCUT2D eigenvalue weighted by molar-refractivity contribution is 7.05. The summed E-state index contributed by atoms with van der Waals surface area (Å²) in [6.07, 6.45) is 0. The van der Waals surface area contributed by atoms with Crippen molar-refractivity contribution in [1.82, 2.24) is 15.0 Å². The number of ether oxygens (including phenoxy) is 1. The molecule has 1 heterocycles. The first-order valence-corrected chi connectivity index (χ1v) is 7.59. The molecule has 2 rings (SSSR count). The van der Waals surface area contributed by atoms with Crippen LogP contribution in [-0.2, 0) is 5.41 Å². The highest BCUT2D eigenvalue weighted by Gasteiger charge is 2.28. The maximum Gasteiger partial charge on any atom is 0.119 e. The van der Waals surface area contributed by atoms with E-state index in [-0.39, 0.29) is 11.5 Å². The Morgan fingerprint density at radius 1 is 1.33 bits per heavy atom. The Morgan fingerprint density at radius 2 is 2.05 bits per heavy atom. The predicted octanol–water partition coefficient (Wildman–Crippen LogP) is 2.71. The molecular formula is C15H22N4OS. The third-order valence-electron chi connectivity index (χ3n) is 3.44. The number of nitrogens with two attached hydrogens (primary N) is 1. The van der Waals surface area contributed by atoms with Crippen LogP contribution in [0.4, 0.5) is 0 Å². The second-order valence-electron chi connectivity index (χ2n) is 6.06. The minimum Gasteiger partial charge on any atom is -0.497 e. The van der Waals surface area contributed by atoms with Crippen molar-refractivity contribution in [3.63, 3.8) is 0 Å². The van der Waals surface area contributed by atoms with Crippen LogP contribution in [0.2, 0.25) is 0 Å². The molecule has 6 heteroatoms. The van der Waals surface area contributed by atoms with Gasteiger partial charge in [-0.05, 0) is 41.7 Å². The van der Waals surface area contributed by atoms with E-state index in [1.54, 1.807) is 7.11 Å². The maximum atomic E-state index is 5.82. The van der Waals surface area contributed by atoms with E-state index in [2.05, 4.69) is 35.8 Å². The number of rotatable bonds is 4. The van der Waals surface area contributed by atoms with Gasteiger partial charge in [0.1, 0.15) is 5.75 Å². The molecule has 0 fully saturated rings. The number of aryl methyl sites for hydroxylation is 1. The summed E-state index contributed by atoms with van der Waals surface area (Å²) in [5, 5.41) is 4.29. The van der Waals surface area contributed by atoms with E-state index in [4.69, 9.17) is 10.6 Å². The number of hydrogen-bond donors (Lipinski definition) is 2. The molecule has 0 saturated carbocycles. The quantitative estimate of drug-likeness (QED) is 0.671. The minimum atomic E-state index is -0.120. The second-order valence-corrected chi connectivity index (χ2v) is 6.84. The van der Waals surface area contributed by atoms with Crippen LogP contribution < -0.4 is 16.0 Å². The van der Waals surface area contributed by atoms with Crippen molar-refractivity contribution in [1.29, 1.82) is 0 Å². The fourth-order valence-corrected chi connectivity index (χ4v) is 3.26. The summed E-state index contributed by atoms with van der Waals surface area (Å²) < 4.78 is 9.38. The Morgan fingerprint density at radius 3 is 2.57 bits per heavy atom. The van der Waals surface area contributed by atoms with Gasteiger partial charge in [-0.1, -0.05) is 31.3 Å². The van der Waals surface area contributed by atoms with E-state index < -0.39 is 0 Å². The Bertz CT molecular complexity index is 618. The summed E-state index contributed by atoms with van der Waals surface area (Å²) in [6, 6.07) is 5.86. The van der Waals surface area contributed by atoms with Gasteiger partial charge in [-0.3, -0.25) is 5.84 Å². The van der Waals surface area contributed by atoms with Gasteiger partial charge in [-0.2, -0.15) is 0 Å². The molecule has 0 spiro atoms. The Hall–Kier alpha value is -1.50. The molecule has 5 nitrogen and oxygen atoms in total. The first-order valence-electron chi connectivity index (χ1n) is 6.82. The molecule has 0 saturated heterocycles. The van der Waals surface area contributed by atoms with Crippen molar-refractivity contribution < 1.29 is 4.74 Å². The van der Waals surface area contributed by atoms with Gasteiger partial charge in [0.05, 0.1) is 23.7 Å². The lowest BCUT2D eigenvalue weighted by atomic mass is 9.88. The molecule has 0 radical (unpaired) electrons. The SMILES string of the molecule is COc1ccc(C(NN)c2snnc2C(C)(C)C)c(C)c1. The van der Waals surface area contributed by atoms with Crippen LogP contribution in [-0.4, -0.2) is 16.7 Å². The van der Waals surface area contributed by atoms with Crippen LogP contribution in [0.1, 0.15) is 48.5 Å². The van der Waals surface area contributed by atoms with Crippen molar-refractivity contribution in [2.45, 2.75) is 39.2 Å². The molecule has 1 aromatic carbocycles. The minimum absolute atomic E-state index is 0.0716. The molecule has 114 valence electrons. The van der Waals surface area contributed by atoms with Gasteiger partial charge in [-0.25, -0.2) is 5.43 Å². The smallest absolute Gasteiger partial charge is 0.119 e. The fraction of sp³-hybridized carbons (Fsp3) is 0.467. The van der Waals surface area contributed by atoms with Crippen molar-refractivity contribution in [3.8, 4) is 5.75 Å². The molecule has 1 atom stereocenters. The fourth-order valence-electron chi connectivity index (χ4n) is 2.31. The highest BCUT2D eigenvalue weighted by atomic mass is 32.1. The van der Waals surface area contributed by atoms with Gasteiger partial charge in [0.2, 0.25) is 0 Å². The molecule has 3 N–H and O–H groups in total. The van der Waals surface area contributed by atoms with Gasteiger partial charge in [0, 0.05) is 5.41 Å². The summed E-state index contributed by atoms with van der Waals surface area (Å²) in [5.41, 5.74) is 6.03. The van der Waals surface area contributed by atoms with Crippen LogP contribution in [0.5, 0.6) is 5.75 Å². The van der Waals surface area contributed by atoms with Crippen molar-refractivity contribution >= 4 is 11.5 Å². The van der Waals surface area contributed by atoms with Crippen LogP contribution in [0.15, 0.2) is 18.2 Å². The van der Waals surface area contributed by atoms with Crippen LogP contribution in [0.25, 0.3) is 0 Å². The molecule has 0 aliphatic heterocycles. The first-order chi connectivity index (χ1) is 9.88. The molecular weight excluding hydrogens is 284 g/mol. The number of nitrogens with one attached hydrogen (secondary N) is 1. The monoisotopic (exact) mass is 306 g/mol. The Labute approximate surface area is 129 Å². The van der Waals surface area contributed by atoms with E-state index in [1.807, 2.05) is 25.1 Å². The summed E-state index contributed by atoms with van der Waals surface area (Å²) in [4.78, 5) is 1.05. The largest absolute Gasteiger partial charge is 0.497 e. The average Bonchev–Trinajstić information content (AvgIpc) is 2.90. The number of hydrogen-bond acceptors (Lipinski definition) is 6. The summed E-state index contributed by atoms with van der Waals surface area (Å²) in [7, 11) is 1.66. The van der Waals surface area contributed by atoms with E-state index >= 15 is 0 Å². The Kier molecular flexibility index (Phi) is 4.61. The third-order valence-corrected chi connectivity index (χ3v) is 4.23. The zero-order valence-electron chi connectivity index (χ0n) is 13.1. The molecule has 0 aliphatic rings. The normalized spacial score (nSPS) is 13.2. The van der Waals surface area contributed by atoms with E-state index in [1.165, 1.54) is 11.5 Å². The van der Waals surface area contributed by atoms with Gasteiger partial charge >= 0.3 is 0 Å². The summed E-state index contributed by atoms with van der Waals surface area (Å²) in [5.74, 6) is 6.66. The standard InChI is InChI=1S/C15H22N4OS/c1-9-8-10(20-5)6-7-11(9)12(17-16)13-14(15(2,3)4)18-19-21-13/h6-8,12,17H,16H2,1-5H3. The van der Waals surface area contributed by atoms with Crippen LogP contribution in [0.3, 0.4) is 0 Å². The lowest BCUT2D eigenvalue weighted by Gasteiger charge is -2.23. The lowest BCUT2D eigenvalue weighted by molar-refractivity contribution is 0.414. The highest BCUT2D eigenvalue weighted by Crippen LogP contribution is 2.35. The third kappa shape index (κ3) is 3.23. The van der Waals surface area contributed by atoms with Crippen LogP contribution >= 0.6 is 11.5 Å². The predicted molar refractivity (Wildman–Crippen MR) is 85.5 cm³/mol.